The summed E-state index contributed by atoms with van der Waals surface area (Å²) in [6.45, 7) is 3.32. The molecule has 2 heterocycles. The Morgan fingerprint density at radius 2 is 1.81 bits per heavy atom. The predicted molar refractivity (Wildman–Crippen MR) is 96.9 cm³/mol. The number of nitrogens with one attached hydrogen (secondary N) is 1. The van der Waals surface area contributed by atoms with Crippen LogP contribution in [-0.4, -0.2) is 61.7 Å². The van der Waals surface area contributed by atoms with Crippen molar-refractivity contribution < 1.29 is 18.0 Å². The molecule has 2 fully saturated rings. The molecule has 3 rings (SSSR count). The van der Waals surface area contributed by atoms with Crippen LogP contribution in [0.4, 0.5) is 0 Å². The van der Waals surface area contributed by atoms with Crippen molar-refractivity contribution in [2.24, 2.45) is 0 Å². The largest absolute Gasteiger partial charge is 0.344 e. The van der Waals surface area contributed by atoms with E-state index in [9.17, 15) is 18.0 Å². The first-order valence-corrected chi connectivity index (χ1v) is 10.5. The molecular formula is C18H25N3O4S. The van der Waals surface area contributed by atoms with Gasteiger partial charge in [0.25, 0.3) is 0 Å². The maximum atomic E-state index is 12.8. The van der Waals surface area contributed by atoms with Crippen molar-refractivity contribution in [3.63, 3.8) is 0 Å². The topological polar surface area (TPSA) is 86.8 Å². The van der Waals surface area contributed by atoms with E-state index < -0.39 is 16.1 Å². The molecule has 1 aromatic rings. The lowest BCUT2D eigenvalue weighted by atomic mass is 10.1. The van der Waals surface area contributed by atoms with Gasteiger partial charge in [0.1, 0.15) is 6.04 Å². The minimum atomic E-state index is -3.55. The Morgan fingerprint density at radius 1 is 1.15 bits per heavy atom. The second kappa shape index (κ2) is 7.75. The fourth-order valence-corrected chi connectivity index (χ4v) is 4.86. The van der Waals surface area contributed by atoms with Crippen LogP contribution in [0.2, 0.25) is 0 Å². The zero-order valence-corrected chi connectivity index (χ0v) is 15.8. The predicted octanol–water partition coefficient (Wildman–Crippen LogP) is 0.751. The molecule has 1 aromatic carbocycles. The number of amides is 2. The Balaban J connectivity index is 1.61. The smallest absolute Gasteiger partial charge is 0.245 e. The number of sulfonamides is 1. The molecule has 7 nitrogen and oxygen atoms in total. The summed E-state index contributed by atoms with van der Waals surface area (Å²) in [5.74, 6) is -0.215. The Bertz CT molecular complexity index is 768. The van der Waals surface area contributed by atoms with Gasteiger partial charge in [0.05, 0.1) is 4.90 Å². The van der Waals surface area contributed by atoms with Gasteiger partial charge in [-0.1, -0.05) is 25.5 Å². The van der Waals surface area contributed by atoms with Crippen LogP contribution >= 0.6 is 0 Å². The highest BCUT2D eigenvalue weighted by molar-refractivity contribution is 7.89. The van der Waals surface area contributed by atoms with Crippen LogP contribution in [0.25, 0.3) is 0 Å². The number of aryl methyl sites for hydroxylation is 1. The quantitative estimate of drug-likeness (QED) is 0.818. The Morgan fingerprint density at radius 3 is 2.35 bits per heavy atom. The first kappa shape index (κ1) is 18.8. The van der Waals surface area contributed by atoms with Crippen LogP contribution in [0.1, 0.15) is 31.7 Å². The van der Waals surface area contributed by atoms with Gasteiger partial charge < -0.3 is 10.2 Å². The third-order valence-corrected chi connectivity index (χ3v) is 6.86. The molecule has 2 aliphatic rings. The van der Waals surface area contributed by atoms with Crippen LogP contribution in [0.5, 0.6) is 0 Å². The summed E-state index contributed by atoms with van der Waals surface area (Å²) in [4.78, 5) is 25.6. The molecule has 2 saturated heterocycles. The van der Waals surface area contributed by atoms with E-state index in [0.717, 1.165) is 18.4 Å². The molecule has 0 aliphatic carbocycles. The number of piperazine rings is 1. The van der Waals surface area contributed by atoms with Crippen molar-refractivity contribution >= 4 is 21.8 Å². The molecule has 1 atom stereocenters. The number of hydrogen-bond donors (Lipinski definition) is 1. The molecule has 2 amide bonds. The van der Waals surface area contributed by atoms with Gasteiger partial charge >= 0.3 is 0 Å². The van der Waals surface area contributed by atoms with E-state index in [1.54, 1.807) is 17.0 Å². The average Bonchev–Trinajstić information content (AvgIpc) is 3.08. The van der Waals surface area contributed by atoms with Crippen molar-refractivity contribution in [3.05, 3.63) is 29.8 Å². The molecule has 2 aliphatic heterocycles. The van der Waals surface area contributed by atoms with Crippen molar-refractivity contribution in [2.45, 2.75) is 43.5 Å². The van der Waals surface area contributed by atoms with Gasteiger partial charge in [-0.05, 0) is 30.5 Å². The second-order valence-electron chi connectivity index (χ2n) is 6.78. The zero-order valence-electron chi connectivity index (χ0n) is 15.0. The van der Waals surface area contributed by atoms with Crippen LogP contribution in [-0.2, 0) is 26.0 Å². The van der Waals surface area contributed by atoms with E-state index in [1.165, 1.54) is 4.31 Å². The third-order valence-electron chi connectivity index (χ3n) is 4.94. The molecule has 0 radical (unpaired) electrons. The van der Waals surface area contributed by atoms with Gasteiger partial charge in [-0.2, -0.15) is 4.31 Å². The van der Waals surface area contributed by atoms with E-state index in [1.807, 2.05) is 12.1 Å². The lowest BCUT2D eigenvalue weighted by molar-refractivity contribution is -0.135. The third kappa shape index (κ3) is 3.91. The number of carbonyl (C=O) groups is 2. The second-order valence-corrected chi connectivity index (χ2v) is 8.72. The number of carbonyl (C=O) groups excluding carboxylic acids is 2. The minimum absolute atomic E-state index is 0.101. The summed E-state index contributed by atoms with van der Waals surface area (Å²) in [7, 11) is -3.55. The summed E-state index contributed by atoms with van der Waals surface area (Å²) in [5, 5.41) is 2.67. The molecular weight excluding hydrogens is 354 g/mol. The molecule has 0 bridgehead atoms. The maximum Gasteiger partial charge on any atom is 0.245 e. The summed E-state index contributed by atoms with van der Waals surface area (Å²) in [6.07, 6.45) is 2.83. The summed E-state index contributed by atoms with van der Waals surface area (Å²) in [5.41, 5.74) is 1.13. The number of hydrogen-bond acceptors (Lipinski definition) is 4. The van der Waals surface area contributed by atoms with Crippen LogP contribution in [0.15, 0.2) is 29.2 Å². The monoisotopic (exact) mass is 379 g/mol. The molecule has 0 spiro atoms. The molecule has 8 heteroatoms. The minimum Gasteiger partial charge on any atom is -0.344 e. The molecule has 0 aromatic heterocycles. The van der Waals surface area contributed by atoms with Crippen LogP contribution in [0, 0.1) is 0 Å². The van der Waals surface area contributed by atoms with Crippen LogP contribution < -0.4 is 5.32 Å². The molecule has 1 N–H and O–H groups in total. The first-order valence-electron chi connectivity index (χ1n) is 9.09. The van der Waals surface area contributed by atoms with E-state index >= 15 is 0 Å². The van der Waals surface area contributed by atoms with Crippen molar-refractivity contribution in [2.75, 3.05) is 26.2 Å². The number of nitrogens with zero attached hydrogens (tertiary/aromatic N) is 2. The van der Waals surface area contributed by atoms with E-state index in [0.29, 0.717) is 30.8 Å². The fourth-order valence-electron chi connectivity index (χ4n) is 3.43. The number of rotatable bonds is 5. The van der Waals surface area contributed by atoms with Crippen molar-refractivity contribution in [3.8, 4) is 0 Å². The van der Waals surface area contributed by atoms with E-state index in [4.69, 9.17) is 0 Å². The SMILES string of the molecule is CCCc1ccc(S(=O)(=O)N2CCN(C(=O)[C@@H]3CCC(=O)N3)CC2)cc1. The lowest BCUT2D eigenvalue weighted by Gasteiger charge is -2.35. The number of benzene rings is 1. The standard InChI is InChI=1S/C18H25N3O4S/c1-2-3-14-4-6-15(7-5-14)26(24,25)21-12-10-20(11-13-21)18(23)16-8-9-17(22)19-16/h4-7,16H,2-3,8-13H2,1H3,(H,19,22)/t16-/m0/s1. The molecule has 142 valence electrons. The Labute approximate surface area is 154 Å². The normalized spacial score (nSPS) is 21.7. The van der Waals surface area contributed by atoms with E-state index in [2.05, 4.69) is 12.2 Å². The summed E-state index contributed by atoms with van der Waals surface area (Å²) in [6, 6.07) is 6.58. The van der Waals surface area contributed by atoms with Gasteiger partial charge in [-0.3, -0.25) is 9.59 Å². The molecule has 0 saturated carbocycles. The Hall–Kier alpha value is -1.93. The van der Waals surface area contributed by atoms with Crippen molar-refractivity contribution in [1.29, 1.82) is 0 Å². The zero-order chi connectivity index (χ0) is 18.7. The van der Waals surface area contributed by atoms with Gasteiger partial charge in [-0.15, -0.1) is 0 Å². The van der Waals surface area contributed by atoms with Crippen LogP contribution in [0.3, 0.4) is 0 Å². The fraction of sp³-hybridized carbons (Fsp3) is 0.556. The molecule has 0 unspecified atom stereocenters. The van der Waals surface area contributed by atoms with Gasteiger partial charge in [0.2, 0.25) is 21.8 Å². The Kier molecular flexibility index (Phi) is 5.62. The van der Waals surface area contributed by atoms with Gasteiger partial charge in [-0.25, -0.2) is 8.42 Å². The van der Waals surface area contributed by atoms with Gasteiger partial charge in [0.15, 0.2) is 0 Å². The maximum absolute atomic E-state index is 12.8. The molecule has 26 heavy (non-hydrogen) atoms. The van der Waals surface area contributed by atoms with Crippen molar-refractivity contribution in [1.82, 2.24) is 14.5 Å². The highest BCUT2D eigenvalue weighted by Crippen LogP contribution is 2.20. The summed E-state index contributed by atoms with van der Waals surface area (Å²) >= 11 is 0. The highest BCUT2D eigenvalue weighted by Gasteiger charge is 2.34. The summed E-state index contributed by atoms with van der Waals surface area (Å²) < 4.78 is 27.0. The van der Waals surface area contributed by atoms with Gasteiger partial charge in [0, 0.05) is 32.6 Å². The first-order chi connectivity index (χ1) is 12.4. The average molecular weight is 379 g/mol. The highest BCUT2D eigenvalue weighted by atomic mass is 32.2. The van der Waals surface area contributed by atoms with E-state index in [-0.39, 0.29) is 24.9 Å². The lowest BCUT2D eigenvalue weighted by Crippen LogP contribution is -2.54.